The summed E-state index contributed by atoms with van der Waals surface area (Å²) in [5.74, 6) is 0.176. The SMILES string of the molecule is CNC[C@@H]1Oc2ccc(NC(=O)Cc3ccccc3)cc2C(=O)N([C@H](C)CO)C[C@H]1C. The van der Waals surface area contributed by atoms with Gasteiger partial charge in [0.2, 0.25) is 5.91 Å². The zero-order valence-electron chi connectivity index (χ0n) is 18.3. The van der Waals surface area contributed by atoms with E-state index < -0.39 is 0 Å². The average molecular weight is 426 g/mol. The molecule has 2 aromatic rings. The van der Waals surface area contributed by atoms with Crippen LogP contribution in [0.15, 0.2) is 48.5 Å². The molecule has 0 saturated carbocycles. The maximum absolute atomic E-state index is 13.3. The third kappa shape index (κ3) is 5.62. The molecule has 7 heteroatoms. The quantitative estimate of drug-likeness (QED) is 0.633. The van der Waals surface area contributed by atoms with Crippen molar-refractivity contribution < 1.29 is 19.4 Å². The Labute approximate surface area is 183 Å². The van der Waals surface area contributed by atoms with Crippen molar-refractivity contribution in [2.24, 2.45) is 5.92 Å². The Kier molecular flexibility index (Phi) is 7.65. The van der Waals surface area contributed by atoms with Crippen molar-refractivity contribution in [3.8, 4) is 5.75 Å². The first-order valence-corrected chi connectivity index (χ1v) is 10.6. The van der Waals surface area contributed by atoms with Gasteiger partial charge in [-0.1, -0.05) is 37.3 Å². The maximum atomic E-state index is 13.3. The van der Waals surface area contributed by atoms with Crippen molar-refractivity contribution in [3.05, 3.63) is 59.7 Å². The Morgan fingerprint density at radius 2 is 2.00 bits per heavy atom. The van der Waals surface area contributed by atoms with Gasteiger partial charge in [-0.15, -0.1) is 0 Å². The molecule has 3 rings (SSSR count). The van der Waals surface area contributed by atoms with Gasteiger partial charge in [-0.05, 0) is 37.7 Å². The number of hydrogen-bond acceptors (Lipinski definition) is 5. The lowest BCUT2D eigenvalue weighted by atomic mass is 9.99. The fourth-order valence-electron chi connectivity index (χ4n) is 3.73. The fourth-order valence-corrected chi connectivity index (χ4v) is 3.73. The van der Waals surface area contributed by atoms with Gasteiger partial charge in [0.1, 0.15) is 11.9 Å². The predicted molar refractivity (Wildman–Crippen MR) is 120 cm³/mol. The van der Waals surface area contributed by atoms with Crippen molar-refractivity contribution >= 4 is 17.5 Å². The Hall–Kier alpha value is -2.90. The number of anilines is 1. The molecule has 0 fully saturated rings. The molecular formula is C24H31N3O4. The van der Waals surface area contributed by atoms with Crippen LogP contribution in [0.5, 0.6) is 5.75 Å². The standard InChI is InChI=1S/C24H31N3O4/c1-16-14-27(17(2)15-28)24(30)20-12-19(9-10-21(20)31-22(16)13-25-3)26-23(29)11-18-7-5-4-6-8-18/h4-10,12,16-17,22,25,28H,11,13-15H2,1-3H3,(H,26,29)/t16-,17-,22+/m1/s1. The Morgan fingerprint density at radius 1 is 1.26 bits per heavy atom. The topological polar surface area (TPSA) is 90.9 Å². The molecule has 2 amide bonds. The molecule has 7 nitrogen and oxygen atoms in total. The van der Waals surface area contributed by atoms with E-state index in [1.807, 2.05) is 51.2 Å². The van der Waals surface area contributed by atoms with Crippen LogP contribution in [-0.2, 0) is 11.2 Å². The first kappa shape index (κ1) is 22.8. The Morgan fingerprint density at radius 3 is 2.68 bits per heavy atom. The lowest BCUT2D eigenvalue weighted by molar-refractivity contribution is -0.115. The lowest BCUT2D eigenvalue weighted by Gasteiger charge is -2.37. The average Bonchev–Trinajstić information content (AvgIpc) is 2.76. The normalized spacial score (nSPS) is 19.6. The predicted octanol–water partition coefficient (Wildman–Crippen LogP) is 2.31. The van der Waals surface area contributed by atoms with Crippen molar-refractivity contribution in [3.63, 3.8) is 0 Å². The van der Waals surface area contributed by atoms with Crippen LogP contribution in [0, 0.1) is 5.92 Å². The number of benzene rings is 2. The van der Waals surface area contributed by atoms with E-state index >= 15 is 0 Å². The monoisotopic (exact) mass is 425 g/mol. The van der Waals surface area contributed by atoms with E-state index in [1.54, 1.807) is 23.1 Å². The molecule has 0 aliphatic carbocycles. The van der Waals surface area contributed by atoms with Gasteiger partial charge >= 0.3 is 0 Å². The van der Waals surface area contributed by atoms with E-state index in [9.17, 15) is 14.7 Å². The van der Waals surface area contributed by atoms with Crippen molar-refractivity contribution in [1.82, 2.24) is 10.2 Å². The molecule has 1 aliphatic heterocycles. The van der Waals surface area contributed by atoms with Crippen LogP contribution in [0.25, 0.3) is 0 Å². The molecule has 31 heavy (non-hydrogen) atoms. The number of fused-ring (bicyclic) bond motifs is 1. The molecule has 0 aromatic heterocycles. The van der Waals surface area contributed by atoms with E-state index in [1.165, 1.54) is 0 Å². The van der Waals surface area contributed by atoms with Gasteiger partial charge in [-0.2, -0.15) is 0 Å². The number of aliphatic hydroxyl groups is 1. The first-order valence-electron chi connectivity index (χ1n) is 10.6. The molecule has 1 aliphatic rings. The second kappa shape index (κ2) is 10.4. The van der Waals surface area contributed by atoms with Crippen LogP contribution in [0.1, 0.15) is 29.8 Å². The molecule has 0 unspecified atom stereocenters. The highest BCUT2D eigenvalue weighted by Gasteiger charge is 2.32. The van der Waals surface area contributed by atoms with Crippen molar-refractivity contribution in [2.75, 3.05) is 32.1 Å². The second-order valence-electron chi connectivity index (χ2n) is 8.10. The highest BCUT2D eigenvalue weighted by atomic mass is 16.5. The minimum absolute atomic E-state index is 0.0730. The Balaban J connectivity index is 1.87. The van der Waals surface area contributed by atoms with Gasteiger partial charge in [-0.3, -0.25) is 9.59 Å². The number of likely N-dealkylation sites (N-methyl/N-ethyl adjacent to an activating group) is 1. The summed E-state index contributed by atoms with van der Waals surface area (Å²) in [5, 5.41) is 15.7. The molecule has 3 atom stereocenters. The first-order chi connectivity index (χ1) is 14.9. The summed E-state index contributed by atoms with van der Waals surface area (Å²) < 4.78 is 6.19. The number of hydrogen-bond donors (Lipinski definition) is 3. The van der Waals surface area contributed by atoms with Gasteiger partial charge in [0.05, 0.1) is 24.6 Å². The summed E-state index contributed by atoms with van der Waals surface area (Å²) in [4.78, 5) is 27.5. The number of aliphatic hydroxyl groups excluding tert-OH is 1. The molecule has 3 N–H and O–H groups in total. The lowest BCUT2D eigenvalue weighted by Crippen LogP contribution is -2.49. The van der Waals surface area contributed by atoms with Crippen LogP contribution in [0.4, 0.5) is 5.69 Å². The number of carbonyl (C=O) groups is 2. The molecule has 0 saturated heterocycles. The fraction of sp³-hybridized carbons (Fsp3) is 0.417. The van der Waals surface area contributed by atoms with E-state index in [0.29, 0.717) is 30.1 Å². The molecule has 0 radical (unpaired) electrons. The molecule has 0 bridgehead atoms. The summed E-state index contributed by atoms with van der Waals surface area (Å²) in [6, 6.07) is 14.3. The number of carbonyl (C=O) groups excluding carboxylic acids is 2. The molecule has 1 heterocycles. The van der Waals surface area contributed by atoms with Crippen LogP contribution in [-0.4, -0.2) is 60.7 Å². The van der Waals surface area contributed by atoms with Gasteiger partial charge in [0.25, 0.3) is 5.91 Å². The minimum atomic E-state index is -0.326. The maximum Gasteiger partial charge on any atom is 0.258 e. The molecule has 166 valence electrons. The largest absolute Gasteiger partial charge is 0.488 e. The summed E-state index contributed by atoms with van der Waals surface area (Å²) in [7, 11) is 1.86. The summed E-state index contributed by atoms with van der Waals surface area (Å²) >= 11 is 0. The van der Waals surface area contributed by atoms with Gasteiger partial charge in [0, 0.05) is 24.7 Å². The minimum Gasteiger partial charge on any atom is -0.488 e. The van der Waals surface area contributed by atoms with Gasteiger partial charge < -0.3 is 25.4 Å². The number of rotatable bonds is 7. The van der Waals surface area contributed by atoms with Gasteiger partial charge in [0.15, 0.2) is 0 Å². The van der Waals surface area contributed by atoms with Crippen LogP contribution in [0.2, 0.25) is 0 Å². The third-order valence-electron chi connectivity index (χ3n) is 5.56. The highest BCUT2D eigenvalue weighted by molar-refractivity contribution is 6.00. The zero-order chi connectivity index (χ0) is 22.4. The molecule has 0 spiro atoms. The zero-order valence-corrected chi connectivity index (χ0v) is 18.3. The Bertz CT molecular complexity index is 903. The van der Waals surface area contributed by atoms with Crippen molar-refractivity contribution in [1.29, 1.82) is 0 Å². The van der Waals surface area contributed by atoms with E-state index in [4.69, 9.17) is 4.74 Å². The highest BCUT2D eigenvalue weighted by Crippen LogP contribution is 2.30. The number of amides is 2. The van der Waals surface area contributed by atoms with E-state index in [0.717, 1.165) is 5.56 Å². The van der Waals surface area contributed by atoms with E-state index in [-0.39, 0.29) is 42.9 Å². The summed E-state index contributed by atoms with van der Waals surface area (Å²) in [5.41, 5.74) is 1.83. The smallest absolute Gasteiger partial charge is 0.258 e. The number of ether oxygens (including phenoxy) is 1. The van der Waals surface area contributed by atoms with E-state index in [2.05, 4.69) is 10.6 Å². The number of nitrogens with zero attached hydrogens (tertiary/aromatic N) is 1. The van der Waals surface area contributed by atoms with Crippen LogP contribution < -0.4 is 15.4 Å². The summed E-state index contributed by atoms with van der Waals surface area (Å²) in [6.07, 6.45) is 0.112. The van der Waals surface area contributed by atoms with Crippen molar-refractivity contribution in [2.45, 2.75) is 32.4 Å². The molecular weight excluding hydrogens is 394 g/mol. The number of nitrogens with one attached hydrogen (secondary N) is 2. The molecule has 2 aromatic carbocycles. The van der Waals surface area contributed by atoms with Crippen LogP contribution >= 0.6 is 0 Å². The van der Waals surface area contributed by atoms with Crippen LogP contribution in [0.3, 0.4) is 0 Å². The van der Waals surface area contributed by atoms with Gasteiger partial charge in [-0.25, -0.2) is 0 Å². The summed E-state index contributed by atoms with van der Waals surface area (Å²) in [6.45, 7) is 4.84. The second-order valence-corrected chi connectivity index (χ2v) is 8.10. The third-order valence-corrected chi connectivity index (χ3v) is 5.56.